The zero-order chi connectivity index (χ0) is 12.4. The molecule has 0 aliphatic heterocycles. The van der Waals surface area contributed by atoms with Gasteiger partial charge in [-0.25, -0.2) is 0 Å². The Morgan fingerprint density at radius 3 is 2.94 bits per heavy atom. The predicted octanol–water partition coefficient (Wildman–Crippen LogP) is 3.51. The summed E-state index contributed by atoms with van der Waals surface area (Å²) < 4.78 is 2.06. The molecule has 0 saturated heterocycles. The van der Waals surface area contributed by atoms with Crippen LogP contribution in [-0.2, 0) is 6.54 Å². The minimum absolute atomic E-state index is 0.0473. The van der Waals surface area contributed by atoms with E-state index in [0.717, 1.165) is 12.8 Å². The molecule has 1 N–H and O–H groups in total. The molecule has 90 valence electrons. The number of hydrogen-bond acceptors (Lipinski definition) is 2. The lowest BCUT2D eigenvalue weighted by molar-refractivity contribution is 0.601. The summed E-state index contributed by atoms with van der Waals surface area (Å²) in [5, 5.41) is 1.22. The Bertz CT molecular complexity index is 660. The van der Waals surface area contributed by atoms with Crippen LogP contribution in [0.5, 0.6) is 0 Å². The Hall–Kier alpha value is -1.13. The second kappa shape index (κ2) is 5.02. The van der Waals surface area contributed by atoms with Crippen molar-refractivity contribution in [1.82, 2.24) is 9.55 Å². The lowest BCUT2D eigenvalue weighted by Crippen LogP contribution is -2.22. The number of benzene rings is 1. The number of fused-ring (bicyclic) bond motifs is 1. The van der Waals surface area contributed by atoms with Crippen LogP contribution in [0.25, 0.3) is 10.9 Å². The first kappa shape index (κ1) is 12.3. The largest absolute Gasteiger partial charge is 0.332 e. The molecule has 3 nitrogen and oxygen atoms in total. The number of aromatic nitrogens is 2. The molecule has 0 amide bonds. The fraction of sp³-hybridized carbons (Fsp3) is 0.333. The van der Waals surface area contributed by atoms with Crippen molar-refractivity contribution in [2.75, 3.05) is 0 Å². The molecule has 0 bridgehead atoms. The molecule has 1 heterocycles. The van der Waals surface area contributed by atoms with Crippen LogP contribution in [0.4, 0.5) is 0 Å². The topological polar surface area (TPSA) is 37.8 Å². The first-order valence-corrected chi connectivity index (χ1v) is 6.34. The number of unbranched alkanes of at least 4 members (excludes halogenated alkanes) is 1. The first-order chi connectivity index (χ1) is 8.13. The van der Waals surface area contributed by atoms with Gasteiger partial charge in [0.2, 0.25) is 0 Å². The highest BCUT2D eigenvalue weighted by Gasteiger charge is 2.05. The Labute approximate surface area is 109 Å². The lowest BCUT2D eigenvalue weighted by atomic mass is 10.2. The van der Waals surface area contributed by atoms with Gasteiger partial charge >= 0.3 is 0 Å². The summed E-state index contributed by atoms with van der Waals surface area (Å²) in [6.07, 6.45) is 1.97. The summed E-state index contributed by atoms with van der Waals surface area (Å²) in [6.45, 7) is 2.74. The van der Waals surface area contributed by atoms with Crippen molar-refractivity contribution in [1.29, 1.82) is 0 Å². The normalized spacial score (nSPS) is 10.9. The molecule has 5 heteroatoms. The molecule has 0 spiro atoms. The molecular weight excluding hydrogens is 256 g/mol. The van der Waals surface area contributed by atoms with Gasteiger partial charge < -0.3 is 4.98 Å². The van der Waals surface area contributed by atoms with Crippen LogP contribution in [0.2, 0.25) is 5.02 Å². The van der Waals surface area contributed by atoms with Gasteiger partial charge in [0.15, 0.2) is 4.77 Å². The average molecular weight is 269 g/mol. The van der Waals surface area contributed by atoms with Crippen molar-refractivity contribution >= 4 is 34.7 Å². The van der Waals surface area contributed by atoms with E-state index in [1.807, 2.05) is 0 Å². The molecule has 17 heavy (non-hydrogen) atoms. The van der Waals surface area contributed by atoms with Gasteiger partial charge in [-0.05, 0) is 36.8 Å². The number of halogens is 1. The standard InChI is InChI=1S/C12H13ClN2OS/c1-2-3-6-15-11(16)9-5-4-8(13)7-10(9)14-12(15)17/h4-5,7H,2-3,6H2,1H3,(H,14,17). The molecule has 0 aliphatic rings. The molecule has 0 saturated carbocycles. The third-order valence-corrected chi connectivity index (χ3v) is 3.24. The predicted molar refractivity (Wildman–Crippen MR) is 73.3 cm³/mol. The highest BCUT2D eigenvalue weighted by atomic mass is 35.5. The molecule has 1 aromatic carbocycles. The Morgan fingerprint density at radius 2 is 2.24 bits per heavy atom. The summed E-state index contributed by atoms with van der Waals surface area (Å²) in [4.78, 5) is 15.2. The van der Waals surface area contributed by atoms with E-state index in [1.54, 1.807) is 22.8 Å². The summed E-state index contributed by atoms with van der Waals surface area (Å²) >= 11 is 11.1. The van der Waals surface area contributed by atoms with Gasteiger partial charge in [0.25, 0.3) is 5.56 Å². The van der Waals surface area contributed by atoms with Crippen molar-refractivity contribution in [3.8, 4) is 0 Å². The van der Waals surface area contributed by atoms with Crippen LogP contribution in [0.1, 0.15) is 19.8 Å². The molecule has 0 atom stereocenters. The van der Waals surface area contributed by atoms with Crippen molar-refractivity contribution in [2.45, 2.75) is 26.3 Å². The minimum Gasteiger partial charge on any atom is -0.332 e. The number of nitrogens with one attached hydrogen (secondary N) is 1. The zero-order valence-corrected chi connectivity index (χ0v) is 11.1. The van der Waals surface area contributed by atoms with E-state index < -0.39 is 0 Å². The average Bonchev–Trinajstić information content (AvgIpc) is 2.28. The second-order valence-electron chi connectivity index (χ2n) is 3.93. The van der Waals surface area contributed by atoms with E-state index in [2.05, 4.69) is 11.9 Å². The van der Waals surface area contributed by atoms with Gasteiger partial charge in [0.05, 0.1) is 10.9 Å². The van der Waals surface area contributed by atoms with Crippen molar-refractivity contribution in [3.63, 3.8) is 0 Å². The molecule has 0 aliphatic carbocycles. The highest BCUT2D eigenvalue weighted by molar-refractivity contribution is 7.71. The van der Waals surface area contributed by atoms with Crippen molar-refractivity contribution in [3.05, 3.63) is 38.3 Å². The Balaban J connectivity index is 2.68. The maximum Gasteiger partial charge on any atom is 0.262 e. The van der Waals surface area contributed by atoms with Crippen LogP contribution < -0.4 is 5.56 Å². The van der Waals surface area contributed by atoms with E-state index in [9.17, 15) is 4.79 Å². The smallest absolute Gasteiger partial charge is 0.262 e. The van der Waals surface area contributed by atoms with Crippen LogP contribution in [0, 0.1) is 4.77 Å². The van der Waals surface area contributed by atoms with Crippen LogP contribution >= 0.6 is 23.8 Å². The maximum absolute atomic E-state index is 12.2. The lowest BCUT2D eigenvalue weighted by Gasteiger charge is -2.07. The van der Waals surface area contributed by atoms with Crippen molar-refractivity contribution in [2.24, 2.45) is 0 Å². The van der Waals surface area contributed by atoms with E-state index >= 15 is 0 Å². The van der Waals surface area contributed by atoms with Crippen molar-refractivity contribution < 1.29 is 0 Å². The fourth-order valence-electron chi connectivity index (χ4n) is 1.75. The molecule has 0 radical (unpaired) electrons. The van der Waals surface area contributed by atoms with Gasteiger partial charge in [-0.1, -0.05) is 24.9 Å². The van der Waals surface area contributed by atoms with Gasteiger partial charge in [0.1, 0.15) is 0 Å². The fourth-order valence-corrected chi connectivity index (χ4v) is 2.20. The van der Waals surface area contributed by atoms with E-state index in [1.165, 1.54) is 0 Å². The SMILES string of the molecule is CCCCn1c(=S)[nH]c2cc(Cl)ccc2c1=O. The van der Waals surface area contributed by atoms with E-state index in [4.69, 9.17) is 23.8 Å². The van der Waals surface area contributed by atoms with Crippen LogP contribution in [-0.4, -0.2) is 9.55 Å². The number of aromatic amines is 1. The maximum atomic E-state index is 12.2. The molecule has 1 aromatic heterocycles. The van der Waals surface area contributed by atoms with Gasteiger partial charge in [0, 0.05) is 11.6 Å². The van der Waals surface area contributed by atoms with Gasteiger partial charge in [-0.3, -0.25) is 9.36 Å². The van der Waals surface area contributed by atoms with Gasteiger partial charge in [-0.2, -0.15) is 0 Å². The molecule has 0 fully saturated rings. The first-order valence-electron chi connectivity index (χ1n) is 5.56. The zero-order valence-electron chi connectivity index (χ0n) is 9.50. The van der Waals surface area contributed by atoms with Gasteiger partial charge in [-0.15, -0.1) is 0 Å². The summed E-state index contributed by atoms with van der Waals surface area (Å²) in [6, 6.07) is 5.16. The molecular formula is C12H13ClN2OS. The summed E-state index contributed by atoms with van der Waals surface area (Å²) in [7, 11) is 0. The molecule has 2 rings (SSSR count). The highest BCUT2D eigenvalue weighted by Crippen LogP contribution is 2.14. The minimum atomic E-state index is -0.0473. The van der Waals surface area contributed by atoms with Crippen LogP contribution in [0.3, 0.4) is 0 Å². The van der Waals surface area contributed by atoms with Crippen LogP contribution in [0.15, 0.2) is 23.0 Å². The molecule has 0 unspecified atom stereocenters. The second-order valence-corrected chi connectivity index (χ2v) is 4.75. The Morgan fingerprint density at radius 1 is 1.47 bits per heavy atom. The van der Waals surface area contributed by atoms with E-state index in [-0.39, 0.29) is 5.56 Å². The third-order valence-electron chi connectivity index (χ3n) is 2.68. The van der Waals surface area contributed by atoms with E-state index in [0.29, 0.717) is 27.2 Å². The number of hydrogen-bond donors (Lipinski definition) is 1. The quantitative estimate of drug-likeness (QED) is 0.865. The number of nitrogens with zero attached hydrogens (tertiary/aromatic N) is 1. The monoisotopic (exact) mass is 268 g/mol. The number of H-pyrrole nitrogens is 1. The number of rotatable bonds is 3. The third kappa shape index (κ3) is 2.42. The Kier molecular flexibility index (Phi) is 3.64. The molecule has 2 aromatic rings. The summed E-state index contributed by atoms with van der Waals surface area (Å²) in [5.41, 5.74) is 0.647. The summed E-state index contributed by atoms with van der Waals surface area (Å²) in [5.74, 6) is 0.